The number of carbonyl (C=O) groups excluding carboxylic acids is 1. The van der Waals surface area contributed by atoms with Crippen LogP contribution in [-0.4, -0.2) is 30.9 Å². The van der Waals surface area contributed by atoms with Crippen molar-refractivity contribution in [1.82, 2.24) is 5.32 Å². The third-order valence-corrected chi connectivity index (χ3v) is 5.36. The van der Waals surface area contributed by atoms with Gasteiger partial charge < -0.3 is 20.1 Å². The van der Waals surface area contributed by atoms with Crippen molar-refractivity contribution in [3.05, 3.63) is 29.3 Å². The van der Waals surface area contributed by atoms with Crippen LogP contribution in [0.4, 0.5) is 10.5 Å². The van der Waals surface area contributed by atoms with Crippen molar-refractivity contribution in [3.63, 3.8) is 0 Å². The molecular weight excluding hydrogens is 316 g/mol. The summed E-state index contributed by atoms with van der Waals surface area (Å²) in [6, 6.07) is 6.04. The summed E-state index contributed by atoms with van der Waals surface area (Å²) in [4.78, 5) is 12.5. The van der Waals surface area contributed by atoms with Crippen LogP contribution in [0.1, 0.15) is 50.7 Å². The standard InChI is InChI=1S/C20H30N2O3/c1-13(2)25-12-15-6-4-7-17(14(15)3)21-20(23)22-18-8-5-9-19-16(18)10-11-24-19/h4,6-7,13,16,18-19H,5,8-12H2,1-3H3,(H2,21,22,23)/t16-,18+,19+/m0/s1. The van der Waals surface area contributed by atoms with Crippen LogP contribution >= 0.6 is 0 Å². The van der Waals surface area contributed by atoms with E-state index in [1.165, 1.54) is 0 Å². The van der Waals surface area contributed by atoms with Crippen LogP contribution in [0.3, 0.4) is 0 Å². The number of hydrogen-bond acceptors (Lipinski definition) is 3. The molecule has 1 aliphatic carbocycles. The number of ether oxygens (including phenoxy) is 2. The molecule has 138 valence electrons. The quantitative estimate of drug-likeness (QED) is 0.847. The molecule has 1 saturated heterocycles. The third kappa shape index (κ3) is 4.53. The lowest BCUT2D eigenvalue weighted by Gasteiger charge is -2.33. The van der Waals surface area contributed by atoms with E-state index in [2.05, 4.69) is 10.6 Å². The molecule has 2 amide bonds. The van der Waals surface area contributed by atoms with Crippen molar-refractivity contribution in [1.29, 1.82) is 0 Å². The fourth-order valence-electron chi connectivity index (χ4n) is 3.91. The highest BCUT2D eigenvalue weighted by Crippen LogP contribution is 2.34. The molecule has 1 aliphatic heterocycles. The molecule has 0 bridgehead atoms. The van der Waals surface area contributed by atoms with Crippen molar-refractivity contribution < 1.29 is 14.3 Å². The Balaban J connectivity index is 1.60. The van der Waals surface area contributed by atoms with Crippen molar-refractivity contribution in [2.45, 2.75) is 71.3 Å². The first-order valence-corrected chi connectivity index (χ1v) is 9.44. The predicted molar refractivity (Wildman–Crippen MR) is 98.7 cm³/mol. The smallest absolute Gasteiger partial charge is 0.319 e. The van der Waals surface area contributed by atoms with E-state index in [-0.39, 0.29) is 18.2 Å². The van der Waals surface area contributed by atoms with E-state index in [4.69, 9.17) is 9.47 Å². The Kier molecular flexibility index (Phi) is 5.97. The highest BCUT2D eigenvalue weighted by atomic mass is 16.5. The Hall–Kier alpha value is -1.59. The molecule has 2 aliphatic rings. The fourth-order valence-corrected chi connectivity index (χ4v) is 3.91. The van der Waals surface area contributed by atoms with Gasteiger partial charge in [0.2, 0.25) is 0 Å². The van der Waals surface area contributed by atoms with E-state index >= 15 is 0 Å². The number of urea groups is 1. The summed E-state index contributed by atoms with van der Waals surface area (Å²) in [5.74, 6) is 0.464. The zero-order chi connectivity index (χ0) is 17.8. The number of fused-ring (bicyclic) bond motifs is 1. The maximum atomic E-state index is 12.5. The van der Waals surface area contributed by atoms with Gasteiger partial charge in [-0.25, -0.2) is 4.79 Å². The van der Waals surface area contributed by atoms with E-state index in [0.29, 0.717) is 18.6 Å². The van der Waals surface area contributed by atoms with E-state index in [1.807, 2.05) is 39.0 Å². The lowest BCUT2D eigenvalue weighted by atomic mass is 9.82. The van der Waals surface area contributed by atoms with Crippen LogP contribution in [-0.2, 0) is 16.1 Å². The van der Waals surface area contributed by atoms with Crippen molar-refractivity contribution in [2.75, 3.05) is 11.9 Å². The van der Waals surface area contributed by atoms with Crippen LogP contribution < -0.4 is 10.6 Å². The van der Waals surface area contributed by atoms with E-state index in [9.17, 15) is 4.79 Å². The summed E-state index contributed by atoms with van der Waals surface area (Å²) < 4.78 is 11.5. The van der Waals surface area contributed by atoms with Gasteiger partial charge in [-0.15, -0.1) is 0 Å². The summed E-state index contributed by atoms with van der Waals surface area (Å²) >= 11 is 0. The second-order valence-electron chi connectivity index (χ2n) is 7.45. The van der Waals surface area contributed by atoms with Gasteiger partial charge in [-0.1, -0.05) is 12.1 Å². The lowest BCUT2D eigenvalue weighted by Crippen LogP contribution is -2.47. The van der Waals surface area contributed by atoms with Crippen LogP contribution in [0.15, 0.2) is 18.2 Å². The predicted octanol–water partition coefficient (Wildman–Crippen LogP) is 4.00. The number of anilines is 1. The molecule has 2 fully saturated rings. The average molecular weight is 346 g/mol. The minimum Gasteiger partial charge on any atom is -0.378 e. The van der Waals surface area contributed by atoms with Gasteiger partial charge in [0, 0.05) is 24.3 Å². The molecule has 5 heteroatoms. The van der Waals surface area contributed by atoms with Crippen LogP contribution in [0.5, 0.6) is 0 Å². The summed E-state index contributed by atoms with van der Waals surface area (Å²) in [7, 11) is 0. The Morgan fingerprint density at radius 2 is 2.16 bits per heavy atom. The monoisotopic (exact) mass is 346 g/mol. The van der Waals surface area contributed by atoms with Crippen LogP contribution in [0.2, 0.25) is 0 Å². The summed E-state index contributed by atoms with van der Waals surface area (Å²) in [6.45, 7) is 7.46. The molecule has 1 aromatic rings. The molecule has 3 rings (SSSR count). The Morgan fingerprint density at radius 1 is 1.32 bits per heavy atom. The third-order valence-electron chi connectivity index (χ3n) is 5.36. The zero-order valence-electron chi connectivity index (χ0n) is 15.5. The molecule has 1 heterocycles. The molecule has 2 N–H and O–H groups in total. The van der Waals surface area contributed by atoms with Gasteiger partial charge in [0.1, 0.15) is 0 Å². The summed E-state index contributed by atoms with van der Waals surface area (Å²) in [6.07, 6.45) is 4.86. The van der Waals surface area contributed by atoms with Crippen molar-refractivity contribution in [3.8, 4) is 0 Å². The maximum Gasteiger partial charge on any atom is 0.319 e. The first-order valence-electron chi connectivity index (χ1n) is 9.44. The number of carbonyl (C=O) groups is 1. The molecule has 0 radical (unpaired) electrons. The molecule has 0 spiro atoms. The molecule has 0 unspecified atom stereocenters. The second-order valence-corrected chi connectivity index (χ2v) is 7.45. The molecule has 1 saturated carbocycles. The minimum atomic E-state index is -0.123. The highest BCUT2D eigenvalue weighted by Gasteiger charge is 2.38. The number of benzene rings is 1. The summed E-state index contributed by atoms with van der Waals surface area (Å²) in [5, 5.41) is 6.19. The number of nitrogens with one attached hydrogen (secondary N) is 2. The van der Waals surface area contributed by atoms with E-state index < -0.39 is 0 Å². The van der Waals surface area contributed by atoms with Gasteiger partial charge in [0.25, 0.3) is 0 Å². The average Bonchev–Trinajstić information content (AvgIpc) is 3.05. The number of rotatable bonds is 5. The van der Waals surface area contributed by atoms with Crippen LogP contribution in [0.25, 0.3) is 0 Å². The topological polar surface area (TPSA) is 59.6 Å². The Bertz CT molecular complexity index is 603. The van der Waals surface area contributed by atoms with E-state index in [0.717, 1.165) is 49.1 Å². The zero-order valence-corrected chi connectivity index (χ0v) is 15.5. The Labute approximate surface area is 150 Å². The fraction of sp³-hybridized carbons (Fsp3) is 0.650. The van der Waals surface area contributed by atoms with Gasteiger partial charge in [-0.05, 0) is 63.6 Å². The van der Waals surface area contributed by atoms with E-state index in [1.54, 1.807) is 0 Å². The van der Waals surface area contributed by atoms with Gasteiger partial charge in [0.15, 0.2) is 0 Å². The van der Waals surface area contributed by atoms with Crippen LogP contribution in [0, 0.1) is 12.8 Å². The number of amides is 2. The highest BCUT2D eigenvalue weighted by molar-refractivity contribution is 5.90. The molecule has 1 aromatic carbocycles. The van der Waals surface area contributed by atoms with Gasteiger partial charge >= 0.3 is 6.03 Å². The largest absolute Gasteiger partial charge is 0.378 e. The first kappa shape index (κ1) is 18.2. The molecule has 25 heavy (non-hydrogen) atoms. The second kappa shape index (κ2) is 8.19. The van der Waals surface area contributed by atoms with Gasteiger partial charge in [-0.2, -0.15) is 0 Å². The number of hydrogen-bond donors (Lipinski definition) is 2. The SMILES string of the molecule is Cc1c(COC(C)C)cccc1NC(=O)N[C@@H]1CCC[C@H]2OCC[C@@H]12. The van der Waals surface area contributed by atoms with Crippen molar-refractivity contribution >= 4 is 11.7 Å². The molecule has 3 atom stereocenters. The minimum absolute atomic E-state index is 0.123. The summed E-state index contributed by atoms with van der Waals surface area (Å²) in [5.41, 5.74) is 3.01. The van der Waals surface area contributed by atoms with Gasteiger partial charge in [-0.3, -0.25) is 0 Å². The maximum absolute atomic E-state index is 12.5. The molecule has 5 nitrogen and oxygen atoms in total. The van der Waals surface area contributed by atoms with Gasteiger partial charge in [0.05, 0.1) is 18.8 Å². The Morgan fingerprint density at radius 3 is 2.96 bits per heavy atom. The molecular formula is C20H30N2O3. The lowest BCUT2D eigenvalue weighted by molar-refractivity contribution is 0.0553. The van der Waals surface area contributed by atoms with Crippen molar-refractivity contribution in [2.24, 2.45) is 5.92 Å². The first-order chi connectivity index (χ1) is 12.0. The normalized spacial score (nSPS) is 25.7. The molecule has 0 aromatic heterocycles.